The van der Waals surface area contributed by atoms with Crippen molar-refractivity contribution in [2.45, 2.75) is 27.2 Å². The zero-order valence-corrected chi connectivity index (χ0v) is 13.6. The van der Waals surface area contributed by atoms with Gasteiger partial charge >= 0.3 is 12.0 Å². The van der Waals surface area contributed by atoms with E-state index in [2.05, 4.69) is 10.6 Å². The molecule has 2 N–H and O–H groups in total. The van der Waals surface area contributed by atoms with Gasteiger partial charge in [-0.25, -0.2) is 9.59 Å². The van der Waals surface area contributed by atoms with Crippen molar-refractivity contribution in [3.8, 4) is 5.75 Å². The van der Waals surface area contributed by atoms with Crippen LogP contribution in [0, 0.1) is 13.8 Å². The van der Waals surface area contributed by atoms with Gasteiger partial charge in [-0.2, -0.15) is 0 Å². The van der Waals surface area contributed by atoms with Gasteiger partial charge in [-0.15, -0.1) is 0 Å². The molecule has 3 amide bonds. The Kier molecular flexibility index (Phi) is 7.59. The second-order valence-corrected chi connectivity index (χ2v) is 5.02. The molecule has 0 radical (unpaired) electrons. The van der Waals surface area contributed by atoms with Crippen molar-refractivity contribution >= 4 is 17.9 Å². The number of nitrogens with one attached hydrogen (secondary N) is 2. The second-order valence-electron chi connectivity index (χ2n) is 5.02. The maximum atomic E-state index is 11.5. The number of carbonyl (C=O) groups is 3. The van der Waals surface area contributed by atoms with E-state index in [1.54, 1.807) is 6.07 Å². The maximum absolute atomic E-state index is 11.5. The minimum atomic E-state index is -0.696. The number of ether oxygens (including phenoxy) is 2. The molecule has 0 aliphatic rings. The Hall–Kier alpha value is -2.57. The van der Waals surface area contributed by atoms with Crippen LogP contribution in [0.25, 0.3) is 0 Å². The molecule has 0 spiro atoms. The summed E-state index contributed by atoms with van der Waals surface area (Å²) in [6.07, 6.45) is 0.756. The number of hydrogen-bond acceptors (Lipinski definition) is 5. The summed E-state index contributed by atoms with van der Waals surface area (Å²) in [6.45, 7) is 5.34. The van der Waals surface area contributed by atoms with E-state index in [1.165, 1.54) is 0 Å². The van der Waals surface area contributed by atoms with Crippen LogP contribution in [0.2, 0.25) is 0 Å². The van der Waals surface area contributed by atoms with Crippen LogP contribution in [-0.4, -0.2) is 37.7 Å². The summed E-state index contributed by atoms with van der Waals surface area (Å²) in [5, 5.41) is 4.52. The number of aryl methyl sites for hydroxylation is 2. The van der Waals surface area contributed by atoms with E-state index in [-0.39, 0.29) is 6.61 Å². The summed E-state index contributed by atoms with van der Waals surface area (Å²) in [5.41, 5.74) is 2.00. The second kappa shape index (κ2) is 9.45. The van der Waals surface area contributed by atoms with Crippen LogP contribution in [0.3, 0.4) is 0 Å². The van der Waals surface area contributed by atoms with Gasteiger partial charge in [0.2, 0.25) is 0 Å². The average molecular weight is 322 g/mol. The van der Waals surface area contributed by atoms with Crippen LogP contribution >= 0.6 is 0 Å². The molecule has 1 rings (SSSR count). The summed E-state index contributed by atoms with van der Waals surface area (Å²) >= 11 is 0. The van der Waals surface area contributed by atoms with Crippen molar-refractivity contribution in [2.75, 3.05) is 19.8 Å². The van der Waals surface area contributed by atoms with Crippen molar-refractivity contribution in [3.63, 3.8) is 0 Å². The predicted octanol–water partition coefficient (Wildman–Crippen LogP) is 1.46. The van der Waals surface area contributed by atoms with E-state index in [9.17, 15) is 14.4 Å². The molecule has 1 aromatic rings. The molecule has 1 aromatic carbocycles. The van der Waals surface area contributed by atoms with E-state index >= 15 is 0 Å². The Morgan fingerprint density at radius 1 is 1.13 bits per heavy atom. The van der Waals surface area contributed by atoms with Crippen LogP contribution < -0.4 is 15.4 Å². The van der Waals surface area contributed by atoms with Gasteiger partial charge < -0.3 is 14.8 Å². The number of urea groups is 1. The Labute approximate surface area is 135 Å². The number of hydrogen-bond donors (Lipinski definition) is 2. The van der Waals surface area contributed by atoms with Crippen molar-refractivity contribution in [2.24, 2.45) is 0 Å². The molecule has 0 aromatic heterocycles. The van der Waals surface area contributed by atoms with Gasteiger partial charge in [-0.05, 0) is 31.9 Å². The first kappa shape index (κ1) is 18.5. The lowest BCUT2D eigenvalue weighted by Gasteiger charge is -2.10. The Balaban J connectivity index is 2.28. The summed E-state index contributed by atoms with van der Waals surface area (Å²) < 4.78 is 10.1. The summed E-state index contributed by atoms with van der Waals surface area (Å²) in [4.78, 5) is 34.2. The molecule has 0 heterocycles. The van der Waals surface area contributed by atoms with Gasteiger partial charge in [-0.3, -0.25) is 10.1 Å². The molecule has 0 saturated heterocycles. The predicted molar refractivity (Wildman–Crippen MR) is 84.2 cm³/mol. The van der Waals surface area contributed by atoms with E-state index in [0.29, 0.717) is 12.3 Å². The van der Waals surface area contributed by atoms with E-state index in [1.807, 2.05) is 32.9 Å². The van der Waals surface area contributed by atoms with Crippen LogP contribution in [-0.2, 0) is 14.3 Å². The lowest BCUT2D eigenvalue weighted by molar-refractivity contribution is -0.150. The fraction of sp³-hybridized carbons (Fsp3) is 0.438. The molecular formula is C16H22N2O5. The topological polar surface area (TPSA) is 93.7 Å². The minimum absolute atomic E-state index is 0.306. The monoisotopic (exact) mass is 322 g/mol. The lowest BCUT2D eigenvalue weighted by atomic mass is 10.1. The highest BCUT2D eigenvalue weighted by Crippen LogP contribution is 2.18. The first-order valence-corrected chi connectivity index (χ1v) is 7.35. The zero-order chi connectivity index (χ0) is 17.2. The lowest BCUT2D eigenvalue weighted by Crippen LogP contribution is -2.41. The van der Waals surface area contributed by atoms with Gasteiger partial charge in [0.1, 0.15) is 5.75 Å². The van der Waals surface area contributed by atoms with Crippen LogP contribution in [0.5, 0.6) is 5.75 Å². The molecular weight excluding hydrogens is 300 g/mol. The summed E-state index contributed by atoms with van der Waals surface area (Å²) in [7, 11) is 0. The number of benzene rings is 1. The molecule has 126 valence electrons. The zero-order valence-electron chi connectivity index (χ0n) is 13.6. The standard InChI is InChI=1S/C16H22N2O5/c1-4-7-17-16(21)18-14(19)9-23-15(20)10-22-13-6-5-11(2)8-12(13)3/h5-6,8H,4,7,9-10H2,1-3H3,(H2,17,18,19,21). The molecule has 0 aliphatic carbocycles. The molecule has 7 nitrogen and oxygen atoms in total. The number of carbonyl (C=O) groups excluding carboxylic acids is 3. The molecule has 7 heteroatoms. The highest BCUT2D eigenvalue weighted by molar-refractivity contribution is 5.95. The normalized spacial score (nSPS) is 9.87. The van der Waals surface area contributed by atoms with Crippen LogP contribution in [0.15, 0.2) is 18.2 Å². The van der Waals surface area contributed by atoms with Crippen molar-refractivity contribution in [1.82, 2.24) is 10.6 Å². The fourth-order valence-electron chi connectivity index (χ4n) is 1.73. The Morgan fingerprint density at radius 3 is 2.52 bits per heavy atom. The van der Waals surface area contributed by atoms with Gasteiger partial charge in [-0.1, -0.05) is 24.6 Å². The first-order chi connectivity index (χ1) is 10.9. The van der Waals surface area contributed by atoms with Crippen molar-refractivity contribution < 1.29 is 23.9 Å². The molecule has 0 saturated carbocycles. The molecule has 0 bridgehead atoms. The summed E-state index contributed by atoms with van der Waals surface area (Å²) in [6, 6.07) is 4.96. The SMILES string of the molecule is CCCNC(=O)NC(=O)COC(=O)COc1ccc(C)cc1C. The Bertz CT molecular complexity index is 572. The van der Waals surface area contributed by atoms with Gasteiger partial charge in [0.15, 0.2) is 13.2 Å². The molecule has 0 atom stereocenters. The Morgan fingerprint density at radius 2 is 1.87 bits per heavy atom. The molecule has 0 fully saturated rings. The highest BCUT2D eigenvalue weighted by Gasteiger charge is 2.11. The van der Waals surface area contributed by atoms with E-state index in [4.69, 9.17) is 9.47 Å². The van der Waals surface area contributed by atoms with Gasteiger partial charge in [0.05, 0.1) is 0 Å². The van der Waals surface area contributed by atoms with Crippen molar-refractivity contribution in [3.05, 3.63) is 29.3 Å². The molecule has 23 heavy (non-hydrogen) atoms. The quantitative estimate of drug-likeness (QED) is 0.741. The average Bonchev–Trinajstić information content (AvgIpc) is 2.50. The third-order valence-electron chi connectivity index (χ3n) is 2.83. The third-order valence-corrected chi connectivity index (χ3v) is 2.83. The van der Waals surface area contributed by atoms with Gasteiger partial charge in [0, 0.05) is 6.54 Å². The number of amides is 3. The van der Waals surface area contributed by atoms with Crippen LogP contribution in [0.4, 0.5) is 4.79 Å². The van der Waals surface area contributed by atoms with Crippen LogP contribution in [0.1, 0.15) is 24.5 Å². The molecule has 0 aliphatic heterocycles. The highest BCUT2D eigenvalue weighted by atomic mass is 16.6. The van der Waals surface area contributed by atoms with Gasteiger partial charge in [0.25, 0.3) is 5.91 Å². The fourth-order valence-corrected chi connectivity index (χ4v) is 1.73. The van der Waals surface area contributed by atoms with Crippen molar-refractivity contribution in [1.29, 1.82) is 0 Å². The number of rotatable bonds is 7. The smallest absolute Gasteiger partial charge is 0.344 e. The number of esters is 1. The third kappa shape index (κ3) is 7.30. The largest absolute Gasteiger partial charge is 0.482 e. The summed E-state index contributed by atoms with van der Waals surface area (Å²) in [5.74, 6) is -0.802. The first-order valence-electron chi connectivity index (χ1n) is 7.35. The van der Waals surface area contributed by atoms with E-state index < -0.39 is 24.5 Å². The maximum Gasteiger partial charge on any atom is 0.344 e. The van der Waals surface area contributed by atoms with E-state index in [0.717, 1.165) is 17.5 Å². The molecule has 0 unspecified atom stereocenters. The minimum Gasteiger partial charge on any atom is -0.482 e. The number of imide groups is 1.